The number of anilines is 2. The number of rotatable bonds is 6. The Bertz CT molecular complexity index is 1750. The van der Waals surface area contributed by atoms with Gasteiger partial charge in [0.1, 0.15) is 22.4 Å². The highest BCUT2D eigenvalue weighted by Gasteiger charge is 2.38. The average molecular weight is 568 g/mol. The number of aryl methyl sites for hydroxylation is 1. The summed E-state index contributed by atoms with van der Waals surface area (Å²) in [6, 6.07) is 13.5. The van der Waals surface area contributed by atoms with Crippen molar-refractivity contribution in [2.45, 2.75) is 44.8 Å². The number of amides is 1. The van der Waals surface area contributed by atoms with Crippen LogP contribution < -0.4 is 15.8 Å². The number of hydrogen-bond donors (Lipinski definition) is 1. The number of thiazole rings is 1. The second kappa shape index (κ2) is 10.2. The Balaban J connectivity index is 1.28. The Labute approximate surface area is 240 Å². The molecule has 2 atom stereocenters. The fourth-order valence-electron chi connectivity index (χ4n) is 5.85. The average Bonchev–Trinajstić information content (AvgIpc) is 3.57. The lowest BCUT2D eigenvalue weighted by Crippen LogP contribution is -2.45. The molecule has 0 spiro atoms. The summed E-state index contributed by atoms with van der Waals surface area (Å²) in [7, 11) is 0. The maximum absolute atomic E-state index is 13.9. The molecule has 3 aliphatic rings. The molecule has 2 aromatic heterocycles. The summed E-state index contributed by atoms with van der Waals surface area (Å²) in [5.41, 5.74) is 3.79. The highest BCUT2D eigenvalue weighted by atomic mass is 32.1. The number of hydrogen-bond acceptors (Lipinski definition) is 9. The largest absolute Gasteiger partial charge is 0.447 e. The monoisotopic (exact) mass is 567 g/mol. The van der Waals surface area contributed by atoms with E-state index in [2.05, 4.69) is 16.3 Å². The normalized spacial score (nSPS) is 20.0. The molecule has 10 nitrogen and oxygen atoms in total. The third-order valence-corrected chi connectivity index (χ3v) is 9.40. The number of ether oxygens (including phenoxy) is 1. The second-order valence-electron chi connectivity index (χ2n) is 10.9. The number of carbonyl (C=O) groups is 1. The molecular weight excluding hydrogens is 538 g/mol. The van der Waals surface area contributed by atoms with Crippen molar-refractivity contribution in [2.24, 2.45) is 0 Å². The Morgan fingerprint density at radius 2 is 2.00 bits per heavy atom. The molecule has 7 rings (SSSR count). The van der Waals surface area contributed by atoms with Crippen molar-refractivity contribution < 1.29 is 9.53 Å². The van der Waals surface area contributed by atoms with E-state index in [1.54, 1.807) is 28.0 Å². The van der Waals surface area contributed by atoms with Crippen molar-refractivity contribution in [3.05, 3.63) is 69.9 Å². The predicted molar refractivity (Wildman–Crippen MR) is 157 cm³/mol. The van der Waals surface area contributed by atoms with E-state index < -0.39 is 0 Å². The number of nitriles is 1. The fourth-order valence-corrected chi connectivity index (χ4v) is 6.85. The van der Waals surface area contributed by atoms with Crippen LogP contribution in [0.2, 0.25) is 0 Å². The van der Waals surface area contributed by atoms with Crippen LogP contribution >= 0.6 is 11.3 Å². The summed E-state index contributed by atoms with van der Waals surface area (Å²) >= 11 is 1.65. The van der Waals surface area contributed by atoms with E-state index >= 15 is 0 Å². The molecule has 0 unspecified atom stereocenters. The number of cyclic esters (lactones) is 1. The van der Waals surface area contributed by atoms with E-state index in [4.69, 9.17) is 20.0 Å². The van der Waals surface area contributed by atoms with Gasteiger partial charge in [-0.2, -0.15) is 5.26 Å². The van der Waals surface area contributed by atoms with Crippen LogP contribution in [0.25, 0.3) is 21.5 Å². The van der Waals surface area contributed by atoms with E-state index in [-0.39, 0.29) is 23.7 Å². The number of benzene rings is 2. The first-order chi connectivity index (χ1) is 20.0. The quantitative estimate of drug-likeness (QED) is 0.366. The number of aromatic nitrogens is 3. The summed E-state index contributed by atoms with van der Waals surface area (Å²) in [5, 5.41) is 15.4. The molecule has 3 aliphatic heterocycles. The van der Waals surface area contributed by atoms with Crippen molar-refractivity contribution in [3.8, 4) is 16.6 Å². The molecule has 5 heterocycles. The van der Waals surface area contributed by atoms with E-state index in [1.807, 2.05) is 42.3 Å². The summed E-state index contributed by atoms with van der Waals surface area (Å²) in [4.78, 5) is 39.6. The second-order valence-corrected chi connectivity index (χ2v) is 11.9. The molecule has 11 heteroatoms. The first-order valence-electron chi connectivity index (χ1n) is 13.9. The van der Waals surface area contributed by atoms with Crippen LogP contribution in [-0.4, -0.2) is 63.9 Å². The molecule has 41 heavy (non-hydrogen) atoms. The smallest absolute Gasteiger partial charge is 0.410 e. The molecule has 1 N–H and O–H groups in total. The zero-order chi connectivity index (χ0) is 28.1. The number of nitrogens with zero attached hydrogens (tertiary/aromatic N) is 6. The lowest BCUT2D eigenvalue weighted by molar-refractivity contribution is 0.153. The van der Waals surface area contributed by atoms with Gasteiger partial charge in [0.2, 0.25) is 0 Å². The van der Waals surface area contributed by atoms with E-state index in [1.165, 1.54) is 6.42 Å². The van der Waals surface area contributed by atoms with Gasteiger partial charge in [-0.1, -0.05) is 23.5 Å². The van der Waals surface area contributed by atoms with Crippen molar-refractivity contribution in [1.82, 2.24) is 19.4 Å². The molecule has 0 radical (unpaired) electrons. The topological polar surface area (TPSA) is 116 Å². The van der Waals surface area contributed by atoms with Gasteiger partial charge in [-0.3, -0.25) is 9.36 Å². The molecule has 2 aromatic carbocycles. The molecule has 3 fully saturated rings. The minimum Gasteiger partial charge on any atom is -0.447 e. The van der Waals surface area contributed by atoms with Gasteiger partial charge in [0.05, 0.1) is 41.3 Å². The van der Waals surface area contributed by atoms with Gasteiger partial charge in [0, 0.05) is 36.9 Å². The Kier molecular flexibility index (Phi) is 6.35. The first kappa shape index (κ1) is 25.5. The van der Waals surface area contributed by atoms with Gasteiger partial charge in [0.15, 0.2) is 0 Å². The summed E-state index contributed by atoms with van der Waals surface area (Å²) < 4.78 is 6.95. The molecule has 1 amide bonds. The predicted octanol–water partition coefficient (Wildman–Crippen LogP) is 4.35. The summed E-state index contributed by atoms with van der Waals surface area (Å²) in [6.45, 7) is 5.36. The SMILES string of the molecule is Cc1nc2cc(-c3ncc(N4CCC4)s3)c(N[C@H]3CCN4C(=O)OC[C@@H]4C3)cc2c(=O)n1Cc1ccc(C#N)cc1. The molecule has 3 saturated heterocycles. The van der Waals surface area contributed by atoms with Crippen LogP contribution in [0.3, 0.4) is 0 Å². The van der Waals surface area contributed by atoms with Gasteiger partial charge in [-0.05, 0) is 56.0 Å². The lowest BCUT2D eigenvalue weighted by atomic mass is 9.97. The Hall–Kier alpha value is -4.43. The van der Waals surface area contributed by atoms with Crippen molar-refractivity contribution in [2.75, 3.05) is 36.5 Å². The molecule has 208 valence electrons. The lowest BCUT2D eigenvalue weighted by Gasteiger charge is -2.33. The summed E-state index contributed by atoms with van der Waals surface area (Å²) in [5.74, 6) is 0.622. The standard InChI is InChI=1S/C30H29N7O3S/c1-18-33-26-12-23(28-32-15-27(41-28)35-8-2-9-35)25(34-21-7-10-36-22(11-21)17-40-30(36)39)13-24(26)29(38)37(18)16-20-5-3-19(14-31)4-6-20/h3-6,12-13,15,21-22,34H,2,7-11,16-17H2,1H3/t21-,22-/m0/s1. The first-order valence-corrected chi connectivity index (χ1v) is 14.7. The van der Waals surface area contributed by atoms with Crippen molar-refractivity contribution >= 4 is 39.0 Å². The minimum absolute atomic E-state index is 0.0597. The zero-order valence-electron chi connectivity index (χ0n) is 22.7. The Morgan fingerprint density at radius 1 is 1.17 bits per heavy atom. The third-order valence-electron chi connectivity index (χ3n) is 8.31. The highest BCUT2D eigenvalue weighted by molar-refractivity contribution is 7.19. The van der Waals surface area contributed by atoms with Crippen LogP contribution in [0, 0.1) is 18.3 Å². The number of fused-ring (bicyclic) bond motifs is 2. The van der Waals surface area contributed by atoms with Crippen LogP contribution in [0.1, 0.15) is 36.2 Å². The maximum atomic E-state index is 13.9. The number of nitrogens with one attached hydrogen (secondary N) is 1. The van der Waals surface area contributed by atoms with Gasteiger partial charge in [-0.15, -0.1) is 0 Å². The molecule has 0 aliphatic carbocycles. The third kappa shape index (κ3) is 4.68. The molecular formula is C30H29N7O3S. The molecule has 0 saturated carbocycles. The van der Waals surface area contributed by atoms with E-state index in [0.29, 0.717) is 42.0 Å². The zero-order valence-corrected chi connectivity index (χ0v) is 23.5. The van der Waals surface area contributed by atoms with Crippen LogP contribution in [0.5, 0.6) is 0 Å². The maximum Gasteiger partial charge on any atom is 0.410 e. The van der Waals surface area contributed by atoms with Crippen molar-refractivity contribution in [3.63, 3.8) is 0 Å². The number of piperidine rings is 1. The van der Waals surface area contributed by atoms with Crippen LogP contribution in [0.15, 0.2) is 47.4 Å². The van der Waals surface area contributed by atoms with Gasteiger partial charge in [-0.25, -0.2) is 14.8 Å². The summed E-state index contributed by atoms with van der Waals surface area (Å²) in [6.07, 6.45) is 4.46. The van der Waals surface area contributed by atoms with Gasteiger partial charge in [0.25, 0.3) is 5.56 Å². The highest BCUT2D eigenvalue weighted by Crippen LogP contribution is 2.39. The van der Waals surface area contributed by atoms with E-state index in [9.17, 15) is 9.59 Å². The minimum atomic E-state index is -0.231. The van der Waals surface area contributed by atoms with E-state index in [0.717, 1.165) is 52.8 Å². The van der Waals surface area contributed by atoms with Gasteiger partial charge < -0.3 is 19.9 Å². The fraction of sp³-hybridized carbons (Fsp3) is 0.367. The van der Waals surface area contributed by atoms with Crippen LogP contribution in [-0.2, 0) is 11.3 Å². The molecule has 4 aromatic rings. The van der Waals surface area contributed by atoms with Crippen LogP contribution in [0.4, 0.5) is 15.5 Å². The van der Waals surface area contributed by atoms with Crippen molar-refractivity contribution in [1.29, 1.82) is 5.26 Å². The molecule has 0 bridgehead atoms. The Morgan fingerprint density at radius 3 is 2.76 bits per heavy atom. The number of carbonyl (C=O) groups excluding carboxylic acids is 1. The van der Waals surface area contributed by atoms with Gasteiger partial charge >= 0.3 is 6.09 Å².